The van der Waals surface area contributed by atoms with Gasteiger partial charge < -0.3 is 39.6 Å². The van der Waals surface area contributed by atoms with Crippen molar-refractivity contribution < 1.29 is 42.1 Å². The van der Waals surface area contributed by atoms with Gasteiger partial charge in [-0.05, 0) is 72.0 Å². The van der Waals surface area contributed by atoms with E-state index < -0.39 is 51.8 Å². The van der Waals surface area contributed by atoms with E-state index in [1.54, 1.807) is 48.5 Å². The molecule has 1 aliphatic carbocycles. The average molecular weight is 1020 g/mol. The monoisotopic (exact) mass is 1020 g/mol. The molecule has 0 bridgehead atoms. The van der Waals surface area contributed by atoms with Crippen molar-refractivity contribution in [3.8, 4) is 23.6 Å². The van der Waals surface area contributed by atoms with Crippen LogP contribution < -0.4 is 25.4 Å². The number of hydrogen-bond acceptors (Lipinski definition) is 10. The molecule has 70 heavy (non-hydrogen) atoms. The minimum absolute atomic E-state index is 0.00327. The van der Waals surface area contributed by atoms with E-state index in [0.29, 0.717) is 53.9 Å². The quantitative estimate of drug-likeness (QED) is 0.0685. The first-order chi connectivity index (χ1) is 33.1. The molecule has 4 atom stereocenters. The van der Waals surface area contributed by atoms with Crippen LogP contribution in [0.25, 0.3) is 0 Å². The molecule has 374 valence electrons. The van der Waals surface area contributed by atoms with Crippen LogP contribution in [0.5, 0.6) is 11.5 Å². The minimum atomic E-state index is -1.73. The van der Waals surface area contributed by atoms with E-state index >= 15 is 8.78 Å². The van der Waals surface area contributed by atoms with Gasteiger partial charge in [-0.1, -0.05) is 101 Å². The van der Waals surface area contributed by atoms with Gasteiger partial charge in [-0.15, -0.1) is 0 Å². The van der Waals surface area contributed by atoms with Crippen molar-refractivity contribution in [2.45, 2.75) is 90.4 Å². The van der Waals surface area contributed by atoms with Crippen molar-refractivity contribution in [3.63, 3.8) is 0 Å². The van der Waals surface area contributed by atoms with Gasteiger partial charge in [-0.2, -0.15) is 10.5 Å². The molecular weight excluding hydrogens is 963 g/mol. The molecule has 12 nitrogen and oxygen atoms in total. The van der Waals surface area contributed by atoms with Gasteiger partial charge in [0.1, 0.15) is 47.3 Å². The maximum Gasteiger partial charge on any atom is 0.251 e. The number of amides is 2. The largest absolute Gasteiger partial charge is 0.491 e. The van der Waals surface area contributed by atoms with Gasteiger partial charge >= 0.3 is 0 Å². The molecule has 1 heterocycles. The Bertz CT molecular complexity index is 2570. The molecule has 2 aliphatic rings. The highest BCUT2D eigenvalue weighted by atomic mass is 35.5. The third-order valence-corrected chi connectivity index (χ3v) is 13.9. The number of nitrogens with one attached hydrogen (secondary N) is 3. The molecule has 2 fully saturated rings. The number of halogens is 5. The average Bonchev–Trinajstić information content (AvgIpc) is 3.62. The normalized spacial score (nSPS) is 22.3. The number of carbonyl (C=O) groups excluding carboxylic acids is 2. The summed E-state index contributed by atoms with van der Waals surface area (Å²) >= 11 is 18.6. The van der Waals surface area contributed by atoms with Gasteiger partial charge in [-0.25, -0.2) is 8.78 Å². The van der Waals surface area contributed by atoms with Crippen molar-refractivity contribution in [1.82, 2.24) is 16.0 Å². The maximum absolute atomic E-state index is 15.9. The smallest absolute Gasteiger partial charge is 0.251 e. The second-order valence-electron chi connectivity index (χ2n) is 20.0. The highest BCUT2D eigenvalue weighted by Crippen LogP contribution is 2.56. The van der Waals surface area contributed by atoms with E-state index in [0.717, 1.165) is 6.07 Å². The summed E-state index contributed by atoms with van der Waals surface area (Å²) < 4.78 is 60.9. The lowest BCUT2D eigenvalue weighted by Crippen LogP contribution is -2.74. The van der Waals surface area contributed by atoms with E-state index in [9.17, 15) is 20.1 Å². The Morgan fingerprint density at radius 3 is 2.01 bits per heavy atom. The molecule has 2 amide bonds. The Morgan fingerprint density at radius 1 is 0.786 bits per heavy atom. The predicted octanol–water partition coefficient (Wildman–Crippen LogP) is 9.98. The van der Waals surface area contributed by atoms with Crippen molar-refractivity contribution in [3.05, 3.63) is 128 Å². The number of nitriles is 2. The number of nitrogens with zero attached hydrogens (tertiary/aromatic N) is 2. The van der Waals surface area contributed by atoms with Crippen LogP contribution in [0.1, 0.15) is 87.9 Å². The molecule has 17 heteroatoms. The standard InChI is InChI=1S/C53H60Cl3F2N5O7/c1-50(2,3)29-42-53(31-60,38-18-14-34(54)27-41(38)57)43(37-9-8-10-39(55)44(37)58)45(62-42)47(65)61-19-20-66-21-22-67-23-24-68-25-26-69-35-15-11-32(12-16-35)46(64)63-48-51(4,5)49(52(48,6)7)70-36-17-13-33(30-59)40(56)28-36/h8-18,27-28,42-43,45,48-49,62H,19-26,29H2,1-7H3,(H,61,65)(H,63,64)/t42-,43-,45+,48?,49?,53-/m0/s1. The van der Waals surface area contributed by atoms with Crippen molar-refractivity contribution in [2.75, 3.05) is 52.8 Å². The summed E-state index contributed by atoms with van der Waals surface area (Å²) in [6.45, 7) is 16.1. The zero-order chi connectivity index (χ0) is 51.0. The first-order valence-electron chi connectivity index (χ1n) is 23.1. The van der Waals surface area contributed by atoms with Crippen LogP contribution in [-0.2, 0) is 24.4 Å². The molecule has 3 N–H and O–H groups in total. The van der Waals surface area contributed by atoms with Gasteiger partial charge in [0.05, 0.1) is 67.4 Å². The summed E-state index contributed by atoms with van der Waals surface area (Å²) in [5.41, 5.74) is -2.01. The Labute approximate surface area is 424 Å². The zero-order valence-corrected chi connectivity index (χ0v) is 42.7. The summed E-state index contributed by atoms with van der Waals surface area (Å²) in [7, 11) is 0. The highest BCUT2D eigenvalue weighted by Gasteiger charge is 2.64. The lowest BCUT2D eigenvalue weighted by Gasteiger charge is -2.63. The van der Waals surface area contributed by atoms with Crippen LogP contribution in [-0.4, -0.2) is 88.8 Å². The molecule has 0 spiro atoms. The van der Waals surface area contributed by atoms with Crippen LogP contribution in [0.3, 0.4) is 0 Å². The van der Waals surface area contributed by atoms with Crippen molar-refractivity contribution in [2.24, 2.45) is 16.2 Å². The third kappa shape index (κ3) is 12.2. The molecule has 0 radical (unpaired) electrons. The van der Waals surface area contributed by atoms with E-state index in [1.165, 1.54) is 24.3 Å². The first kappa shape index (κ1) is 54.3. The zero-order valence-electron chi connectivity index (χ0n) is 40.4. The minimum Gasteiger partial charge on any atom is -0.491 e. The first-order valence-corrected chi connectivity index (χ1v) is 24.3. The molecule has 1 saturated carbocycles. The molecule has 0 unspecified atom stereocenters. The van der Waals surface area contributed by atoms with Gasteiger partial charge in [0.2, 0.25) is 5.91 Å². The van der Waals surface area contributed by atoms with Crippen LogP contribution in [0.4, 0.5) is 8.78 Å². The van der Waals surface area contributed by atoms with Gasteiger partial charge in [0, 0.05) is 57.6 Å². The molecular formula is C53H60Cl3F2N5O7. The third-order valence-electron chi connectivity index (χ3n) is 13.1. The number of benzene rings is 4. The van der Waals surface area contributed by atoms with Crippen molar-refractivity contribution >= 4 is 46.6 Å². The summed E-state index contributed by atoms with van der Waals surface area (Å²) in [5.74, 6) is -2.26. The lowest BCUT2D eigenvalue weighted by molar-refractivity contribution is -0.164. The maximum atomic E-state index is 15.9. The molecule has 6 rings (SSSR count). The molecule has 4 aromatic carbocycles. The number of hydrogen-bond donors (Lipinski definition) is 3. The number of rotatable bonds is 21. The van der Waals surface area contributed by atoms with E-state index in [4.69, 9.17) is 58.5 Å². The topological polar surface area (TPSA) is 164 Å². The predicted molar refractivity (Wildman–Crippen MR) is 264 cm³/mol. The van der Waals surface area contributed by atoms with Crippen LogP contribution >= 0.6 is 34.8 Å². The van der Waals surface area contributed by atoms with Gasteiger partial charge in [0.25, 0.3) is 5.91 Å². The Kier molecular flexibility index (Phi) is 17.9. The summed E-state index contributed by atoms with van der Waals surface area (Å²) in [5, 5.41) is 29.8. The highest BCUT2D eigenvalue weighted by molar-refractivity contribution is 6.32. The second-order valence-corrected chi connectivity index (χ2v) is 21.2. The fourth-order valence-electron chi connectivity index (χ4n) is 10.2. The van der Waals surface area contributed by atoms with Gasteiger partial charge in [-0.3, -0.25) is 9.59 Å². The van der Waals surface area contributed by atoms with Gasteiger partial charge in [0.15, 0.2) is 0 Å². The fraction of sp³-hybridized carbons (Fsp3) is 0.472. The van der Waals surface area contributed by atoms with E-state index in [-0.39, 0.29) is 77.6 Å². The van der Waals surface area contributed by atoms with Crippen LogP contribution in [0.15, 0.2) is 78.9 Å². The molecule has 4 aromatic rings. The number of carbonyl (C=O) groups is 2. The summed E-state index contributed by atoms with van der Waals surface area (Å²) in [6, 6.07) is 22.6. The molecule has 1 saturated heterocycles. The van der Waals surface area contributed by atoms with E-state index in [2.05, 4.69) is 28.1 Å². The second kappa shape index (κ2) is 23.0. The Morgan fingerprint density at radius 2 is 1.41 bits per heavy atom. The SMILES string of the molecule is CC(C)(C)C[C@@H]1N[C@@H](C(=O)NCCOCCOCCOCCOc2ccc(C(=O)NC3C(C)(C)C(Oc4ccc(C#N)c(Cl)c4)C3(C)C)cc2)[C@H](c2cccc(Cl)c2F)[C@@]1(C#N)c1ccc(Cl)cc1F. The Hall–Kier alpha value is -5.03. The van der Waals surface area contributed by atoms with Crippen molar-refractivity contribution in [1.29, 1.82) is 10.5 Å². The summed E-state index contributed by atoms with van der Waals surface area (Å²) in [4.78, 5) is 27.3. The summed E-state index contributed by atoms with van der Waals surface area (Å²) in [6.07, 6.45) is 0.130. The lowest BCUT2D eigenvalue weighted by atomic mass is 9.49. The van der Waals surface area contributed by atoms with Crippen LogP contribution in [0, 0.1) is 50.5 Å². The fourth-order valence-corrected chi connectivity index (χ4v) is 10.7. The van der Waals surface area contributed by atoms with Crippen LogP contribution in [0.2, 0.25) is 15.1 Å². The molecule has 0 aromatic heterocycles. The number of ether oxygens (including phenoxy) is 5. The molecule has 1 aliphatic heterocycles. The Balaban J connectivity index is 0.889. The van der Waals surface area contributed by atoms with E-state index in [1.807, 2.05) is 48.5 Å².